The Hall–Kier alpha value is -0.670. The van der Waals surface area contributed by atoms with Gasteiger partial charge in [-0.05, 0) is 6.92 Å². The van der Waals surface area contributed by atoms with E-state index in [0.29, 0.717) is 4.96 Å². The zero-order valence-electron chi connectivity index (χ0n) is 9.75. The van der Waals surface area contributed by atoms with Crippen molar-refractivity contribution in [2.75, 3.05) is 13.7 Å². The van der Waals surface area contributed by atoms with Gasteiger partial charge in [0.25, 0.3) is 10.0 Å². The summed E-state index contributed by atoms with van der Waals surface area (Å²) in [6.07, 6.45) is 1.62. The molecule has 0 aliphatic carbocycles. The normalized spacial score (nSPS) is 14.2. The van der Waals surface area contributed by atoms with Gasteiger partial charge in [-0.1, -0.05) is 11.6 Å². The van der Waals surface area contributed by atoms with Crippen LogP contribution in [0.15, 0.2) is 16.6 Å². The van der Waals surface area contributed by atoms with Gasteiger partial charge in [-0.25, -0.2) is 18.1 Å². The molecule has 0 saturated heterocycles. The quantitative estimate of drug-likeness (QED) is 0.905. The summed E-state index contributed by atoms with van der Waals surface area (Å²) in [5.74, 6) is 0. The summed E-state index contributed by atoms with van der Waals surface area (Å²) in [7, 11) is -2.21. The van der Waals surface area contributed by atoms with Crippen LogP contribution in [0, 0.1) is 0 Å². The highest BCUT2D eigenvalue weighted by atomic mass is 35.5. The van der Waals surface area contributed by atoms with Crippen LogP contribution in [-0.2, 0) is 14.8 Å². The number of hydrogen-bond acceptors (Lipinski definition) is 5. The number of thiazole rings is 1. The Morgan fingerprint density at radius 1 is 1.67 bits per heavy atom. The topological polar surface area (TPSA) is 72.7 Å². The Labute approximate surface area is 114 Å². The third-order valence-electron chi connectivity index (χ3n) is 2.21. The van der Waals surface area contributed by atoms with Crippen molar-refractivity contribution in [3.63, 3.8) is 0 Å². The maximum absolute atomic E-state index is 12.2. The Morgan fingerprint density at radius 2 is 2.39 bits per heavy atom. The summed E-state index contributed by atoms with van der Waals surface area (Å²) in [6.45, 7) is 1.99. The predicted molar refractivity (Wildman–Crippen MR) is 69.7 cm³/mol. The van der Waals surface area contributed by atoms with Gasteiger partial charge in [0.05, 0.1) is 6.61 Å². The van der Waals surface area contributed by atoms with E-state index in [1.165, 1.54) is 22.8 Å². The third-order valence-corrected chi connectivity index (χ3v) is 4.95. The van der Waals surface area contributed by atoms with E-state index in [2.05, 4.69) is 9.71 Å². The minimum absolute atomic E-state index is 0.0287. The van der Waals surface area contributed by atoms with Crippen LogP contribution in [0.3, 0.4) is 0 Å². The van der Waals surface area contributed by atoms with Crippen LogP contribution in [-0.4, -0.2) is 37.6 Å². The van der Waals surface area contributed by atoms with Gasteiger partial charge in [0.15, 0.2) is 15.1 Å². The van der Waals surface area contributed by atoms with Crippen molar-refractivity contribution in [2.45, 2.75) is 18.0 Å². The smallest absolute Gasteiger partial charge is 0.260 e. The maximum atomic E-state index is 12.2. The van der Waals surface area contributed by atoms with Gasteiger partial charge in [0.1, 0.15) is 0 Å². The van der Waals surface area contributed by atoms with Crippen LogP contribution in [0.25, 0.3) is 4.96 Å². The van der Waals surface area contributed by atoms with Crippen LogP contribution < -0.4 is 4.72 Å². The number of ether oxygens (including phenoxy) is 1. The van der Waals surface area contributed by atoms with Crippen LogP contribution in [0.4, 0.5) is 0 Å². The lowest BCUT2D eigenvalue weighted by atomic mass is 10.4. The molecule has 2 rings (SSSR count). The van der Waals surface area contributed by atoms with Crippen molar-refractivity contribution in [1.82, 2.24) is 14.1 Å². The highest BCUT2D eigenvalue weighted by molar-refractivity contribution is 7.89. The van der Waals surface area contributed by atoms with E-state index in [4.69, 9.17) is 16.3 Å². The zero-order valence-corrected chi connectivity index (χ0v) is 12.1. The second kappa shape index (κ2) is 5.14. The van der Waals surface area contributed by atoms with Crippen LogP contribution >= 0.6 is 22.9 Å². The molecule has 6 nitrogen and oxygen atoms in total. The van der Waals surface area contributed by atoms with Crippen molar-refractivity contribution in [3.05, 3.63) is 16.7 Å². The Kier molecular flexibility index (Phi) is 3.93. The van der Waals surface area contributed by atoms with Gasteiger partial charge < -0.3 is 4.74 Å². The lowest BCUT2D eigenvalue weighted by molar-refractivity contribution is 0.180. The van der Waals surface area contributed by atoms with E-state index in [0.717, 1.165) is 0 Å². The number of nitrogens with one attached hydrogen (secondary N) is 1. The molecule has 2 aromatic heterocycles. The maximum Gasteiger partial charge on any atom is 0.260 e. The first-order valence-corrected chi connectivity index (χ1v) is 7.82. The van der Waals surface area contributed by atoms with E-state index in [1.807, 2.05) is 0 Å². The largest absolute Gasteiger partial charge is 0.383 e. The van der Waals surface area contributed by atoms with E-state index in [1.54, 1.807) is 18.5 Å². The monoisotopic (exact) mass is 309 g/mol. The zero-order chi connectivity index (χ0) is 13.3. The molecular formula is C9H12ClN3O3S2. The molecule has 0 saturated carbocycles. The number of methoxy groups -OCH3 is 1. The van der Waals surface area contributed by atoms with Crippen LogP contribution in [0.2, 0.25) is 5.15 Å². The molecule has 0 amide bonds. The molecule has 2 heterocycles. The Morgan fingerprint density at radius 3 is 3.06 bits per heavy atom. The highest BCUT2D eigenvalue weighted by Crippen LogP contribution is 2.25. The second-order valence-corrected chi connectivity index (χ2v) is 6.60. The minimum atomic E-state index is -3.72. The molecule has 0 radical (unpaired) electrons. The lowest BCUT2D eigenvalue weighted by Crippen LogP contribution is -2.36. The molecule has 18 heavy (non-hydrogen) atoms. The molecule has 0 aromatic carbocycles. The number of sulfonamides is 1. The molecule has 2 aromatic rings. The average molecular weight is 310 g/mol. The van der Waals surface area contributed by atoms with Crippen molar-refractivity contribution in [2.24, 2.45) is 0 Å². The minimum Gasteiger partial charge on any atom is -0.383 e. The number of hydrogen-bond donors (Lipinski definition) is 1. The third kappa shape index (κ3) is 2.52. The molecule has 0 fully saturated rings. The van der Waals surface area contributed by atoms with Gasteiger partial charge in [-0.2, -0.15) is 0 Å². The molecule has 0 aliphatic heterocycles. The number of halogens is 1. The van der Waals surface area contributed by atoms with E-state index < -0.39 is 10.0 Å². The summed E-state index contributed by atoms with van der Waals surface area (Å²) < 4.78 is 33.2. The first-order valence-electron chi connectivity index (χ1n) is 5.08. The molecular weight excluding hydrogens is 298 g/mol. The molecule has 0 aliphatic rings. The SMILES string of the molecule is COCC(C)NS(=O)(=O)c1c(Cl)nc2sccn12. The number of fused-ring (bicyclic) bond motifs is 1. The number of nitrogens with zero attached hydrogens (tertiary/aromatic N) is 2. The van der Waals surface area contributed by atoms with Crippen molar-refractivity contribution >= 4 is 37.9 Å². The fraction of sp³-hybridized carbons (Fsp3) is 0.444. The summed E-state index contributed by atoms with van der Waals surface area (Å²) in [4.78, 5) is 4.53. The number of rotatable bonds is 5. The fourth-order valence-corrected chi connectivity index (χ4v) is 4.26. The molecule has 9 heteroatoms. The van der Waals surface area contributed by atoms with Crippen molar-refractivity contribution < 1.29 is 13.2 Å². The van der Waals surface area contributed by atoms with E-state index in [-0.39, 0.29) is 22.8 Å². The Balaban J connectivity index is 2.40. The lowest BCUT2D eigenvalue weighted by Gasteiger charge is -2.12. The standard InChI is InChI=1S/C9H12ClN3O3S2/c1-6(5-16-2)12-18(14,15)8-7(10)11-9-13(8)3-4-17-9/h3-4,6,12H,5H2,1-2H3. The fourth-order valence-electron chi connectivity index (χ4n) is 1.58. The van der Waals surface area contributed by atoms with Gasteiger partial charge >= 0.3 is 0 Å². The van der Waals surface area contributed by atoms with Gasteiger partial charge in [0, 0.05) is 24.7 Å². The molecule has 1 unspecified atom stereocenters. The molecule has 0 bridgehead atoms. The van der Waals surface area contributed by atoms with E-state index in [9.17, 15) is 8.42 Å². The van der Waals surface area contributed by atoms with Gasteiger partial charge in [-0.3, -0.25) is 4.40 Å². The molecule has 1 N–H and O–H groups in total. The van der Waals surface area contributed by atoms with Gasteiger partial charge in [0.2, 0.25) is 0 Å². The van der Waals surface area contributed by atoms with Crippen LogP contribution in [0.5, 0.6) is 0 Å². The van der Waals surface area contributed by atoms with Crippen LogP contribution in [0.1, 0.15) is 6.92 Å². The predicted octanol–water partition coefficient (Wildman–Crippen LogP) is 1.36. The highest BCUT2D eigenvalue weighted by Gasteiger charge is 2.26. The Bertz CT molecular complexity index is 649. The molecule has 100 valence electrons. The van der Waals surface area contributed by atoms with Gasteiger partial charge in [-0.15, -0.1) is 11.3 Å². The first kappa shape index (κ1) is 13.8. The van der Waals surface area contributed by atoms with E-state index >= 15 is 0 Å². The second-order valence-electron chi connectivity index (χ2n) is 3.74. The van der Waals surface area contributed by atoms with Crippen molar-refractivity contribution in [3.8, 4) is 0 Å². The number of aromatic nitrogens is 2. The summed E-state index contributed by atoms with van der Waals surface area (Å²) >= 11 is 7.20. The number of imidazole rings is 1. The van der Waals surface area contributed by atoms with Crippen molar-refractivity contribution in [1.29, 1.82) is 0 Å². The molecule has 1 atom stereocenters. The summed E-state index contributed by atoms with van der Waals surface area (Å²) in [6, 6.07) is -0.347. The summed E-state index contributed by atoms with van der Waals surface area (Å²) in [5.41, 5.74) is 0. The first-order chi connectivity index (χ1) is 8.45. The summed E-state index contributed by atoms with van der Waals surface area (Å²) in [5, 5.41) is 1.68. The average Bonchev–Trinajstić information content (AvgIpc) is 2.75. The molecule has 0 spiro atoms.